The highest BCUT2D eigenvalue weighted by Crippen LogP contribution is 2.35. The van der Waals surface area contributed by atoms with Gasteiger partial charge in [0.15, 0.2) is 0 Å². The highest BCUT2D eigenvalue weighted by molar-refractivity contribution is 5.68. The monoisotopic (exact) mass is 304 g/mol. The Morgan fingerprint density at radius 1 is 0.957 bits per heavy atom. The fourth-order valence-corrected chi connectivity index (χ4v) is 2.92. The van der Waals surface area contributed by atoms with E-state index < -0.39 is 0 Å². The predicted molar refractivity (Wildman–Crippen MR) is 97.4 cm³/mol. The molecule has 0 spiro atoms. The summed E-state index contributed by atoms with van der Waals surface area (Å²) in [7, 11) is 2.07. The van der Waals surface area contributed by atoms with Gasteiger partial charge in [-0.05, 0) is 17.4 Å². The zero-order chi connectivity index (χ0) is 16.4. The van der Waals surface area contributed by atoms with Gasteiger partial charge in [0.05, 0.1) is 5.69 Å². The summed E-state index contributed by atoms with van der Waals surface area (Å²) >= 11 is 0. The van der Waals surface area contributed by atoms with E-state index in [9.17, 15) is 0 Å². The number of aromatic nitrogens is 2. The summed E-state index contributed by atoms with van der Waals surface area (Å²) in [5.41, 5.74) is 4.89. The lowest BCUT2D eigenvalue weighted by Gasteiger charge is -2.26. The SMILES string of the molecule is CCC(C)(C)c1ccccc1-c1nc(-c2ccccc2)cn1C. The molecular weight excluding hydrogens is 280 g/mol. The smallest absolute Gasteiger partial charge is 0.140 e. The molecule has 0 fully saturated rings. The summed E-state index contributed by atoms with van der Waals surface area (Å²) in [5, 5.41) is 0. The van der Waals surface area contributed by atoms with Gasteiger partial charge in [-0.25, -0.2) is 4.98 Å². The van der Waals surface area contributed by atoms with Gasteiger partial charge in [-0.2, -0.15) is 0 Å². The molecule has 2 nitrogen and oxygen atoms in total. The van der Waals surface area contributed by atoms with Gasteiger partial charge in [-0.1, -0.05) is 75.4 Å². The maximum absolute atomic E-state index is 4.92. The predicted octanol–water partition coefficient (Wildman–Crippen LogP) is 5.44. The molecule has 0 saturated carbocycles. The lowest BCUT2D eigenvalue weighted by atomic mass is 9.79. The summed E-state index contributed by atoms with van der Waals surface area (Å²) in [6.07, 6.45) is 3.21. The summed E-state index contributed by atoms with van der Waals surface area (Å²) in [5.74, 6) is 1.03. The summed E-state index contributed by atoms with van der Waals surface area (Å²) in [6.45, 7) is 6.84. The van der Waals surface area contributed by atoms with Crippen LogP contribution in [0.5, 0.6) is 0 Å². The molecule has 0 aliphatic heterocycles. The van der Waals surface area contributed by atoms with Crippen molar-refractivity contribution in [3.05, 3.63) is 66.4 Å². The van der Waals surface area contributed by atoms with Crippen molar-refractivity contribution in [3.8, 4) is 22.6 Å². The van der Waals surface area contributed by atoms with Crippen molar-refractivity contribution in [1.82, 2.24) is 9.55 Å². The lowest BCUT2D eigenvalue weighted by Crippen LogP contribution is -2.17. The Labute approximate surface area is 138 Å². The van der Waals surface area contributed by atoms with Crippen molar-refractivity contribution in [2.24, 2.45) is 7.05 Å². The van der Waals surface area contributed by atoms with Gasteiger partial charge in [0.25, 0.3) is 0 Å². The molecule has 0 N–H and O–H groups in total. The second-order valence-electron chi connectivity index (χ2n) is 6.71. The number of hydrogen-bond acceptors (Lipinski definition) is 1. The first-order valence-corrected chi connectivity index (χ1v) is 8.21. The molecule has 0 saturated heterocycles. The van der Waals surface area contributed by atoms with Crippen molar-refractivity contribution in [2.75, 3.05) is 0 Å². The maximum Gasteiger partial charge on any atom is 0.140 e. The molecule has 0 aliphatic rings. The molecule has 2 aromatic carbocycles. The van der Waals surface area contributed by atoms with Crippen LogP contribution < -0.4 is 0 Å². The number of rotatable bonds is 4. The number of nitrogens with zero attached hydrogens (tertiary/aromatic N) is 2. The minimum Gasteiger partial charge on any atom is -0.333 e. The molecule has 118 valence electrons. The van der Waals surface area contributed by atoms with Gasteiger partial charge in [0.1, 0.15) is 5.82 Å². The average molecular weight is 304 g/mol. The number of hydrogen-bond donors (Lipinski definition) is 0. The van der Waals surface area contributed by atoms with Crippen molar-refractivity contribution < 1.29 is 0 Å². The van der Waals surface area contributed by atoms with Crippen LogP contribution in [-0.4, -0.2) is 9.55 Å². The van der Waals surface area contributed by atoms with Crippen LogP contribution in [0.4, 0.5) is 0 Å². The summed E-state index contributed by atoms with van der Waals surface area (Å²) < 4.78 is 2.13. The highest BCUT2D eigenvalue weighted by atomic mass is 15.0. The van der Waals surface area contributed by atoms with Gasteiger partial charge in [0, 0.05) is 24.4 Å². The largest absolute Gasteiger partial charge is 0.333 e. The fraction of sp³-hybridized carbons (Fsp3) is 0.286. The van der Waals surface area contributed by atoms with E-state index in [4.69, 9.17) is 4.98 Å². The minimum atomic E-state index is 0.134. The second-order valence-corrected chi connectivity index (χ2v) is 6.71. The van der Waals surface area contributed by atoms with Crippen molar-refractivity contribution in [2.45, 2.75) is 32.6 Å². The number of benzene rings is 2. The van der Waals surface area contributed by atoms with Crippen LogP contribution in [0.1, 0.15) is 32.8 Å². The Bertz CT molecular complexity index is 798. The van der Waals surface area contributed by atoms with E-state index in [1.54, 1.807) is 0 Å². The van der Waals surface area contributed by atoms with Crippen LogP contribution in [0.2, 0.25) is 0 Å². The van der Waals surface area contributed by atoms with E-state index in [0.29, 0.717) is 0 Å². The van der Waals surface area contributed by atoms with Crippen LogP contribution in [-0.2, 0) is 12.5 Å². The zero-order valence-electron chi connectivity index (χ0n) is 14.4. The normalized spacial score (nSPS) is 11.7. The van der Waals surface area contributed by atoms with E-state index in [0.717, 1.165) is 23.5 Å². The Morgan fingerprint density at radius 2 is 1.61 bits per heavy atom. The van der Waals surface area contributed by atoms with E-state index in [1.165, 1.54) is 11.1 Å². The molecule has 0 aliphatic carbocycles. The van der Waals surface area contributed by atoms with E-state index in [-0.39, 0.29) is 5.41 Å². The molecule has 1 heterocycles. The van der Waals surface area contributed by atoms with E-state index in [1.807, 2.05) is 6.07 Å². The molecule has 23 heavy (non-hydrogen) atoms. The average Bonchev–Trinajstić information content (AvgIpc) is 2.97. The van der Waals surface area contributed by atoms with Gasteiger partial charge in [-0.3, -0.25) is 0 Å². The first-order valence-electron chi connectivity index (χ1n) is 8.21. The Morgan fingerprint density at radius 3 is 2.30 bits per heavy atom. The molecule has 3 aromatic rings. The third-order valence-corrected chi connectivity index (χ3v) is 4.73. The van der Waals surface area contributed by atoms with Gasteiger partial charge in [-0.15, -0.1) is 0 Å². The van der Waals surface area contributed by atoms with Gasteiger partial charge in [0.2, 0.25) is 0 Å². The van der Waals surface area contributed by atoms with Gasteiger partial charge >= 0.3 is 0 Å². The second kappa shape index (κ2) is 6.04. The van der Waals surface area contributed by atoms with E-state index >= 15 is 0 Å². The molecule has 0 atom stereocenters. The maximum atomic E-state index is 4.92. The topological polar surface area (TPSA) is 17.8 Å². The molecule has 0 amide bonds. The van der Waals surface area contributed by atoms with Crippen molar-refractivity contribution in [3.63, 3.8) is 0 Å². The Kier molecular flexibility index (Phi) is 4.08. The van der Waals surface area contributed by atoms with Crippen LogP contribution in [0.3, 0.4) is 0 Å². The highest BCUT2D eigenvalue weighted by Gasteiger charge is 2.23. The van der Waals surface area contributed by atoms with Gasteiger partial charge < -0.3 is 4.57 Å². The zero-order valence-corrected chi connectivity index (χ0v) is 14.4. The van der Waals surface area contributed by atoms with E-state index in [2.05, 4.69) is 87.1 Å². The molecule has 1 aromatic heterocycles. The van der Waals surface area contributed by atoms with Crippen LogP contribution in [0.15, 0.2) is 60.8 Å². The Hall–Kier alpha value is -2.35. The number of aryl methyl sites for hydroxylation is 1. The molecule has 2 heteroatoms. The van der Waals surface area contributed by atoms with Crippen molar-refractivity contribution in [1.29, 1.82) is 0 Å². The Balaban J connectivity index is 2.13. The summed E-state index contributed by atoms with van der Waals surface area (Å²) in [4.78, 5) is 4.92. The van der Waals surface area contributed by atoms with Crippen molar-refractivity contribution >= 4 is 0 Å². The molecular formula is C21H24N2. The molecule has 0 unspecified atom stereocenters. The first-order chi connectivity index (χ1) is 11.0. The molecule has 3 rings (SSSR count). The quantitative estimate of drug-likeness (QED) is 0.627. The van der Waals surface area contributed by atoms with Crippen LogP contribution in [0.25, 0.3) is 22.6 Å². The lowest BCUT2D eigenvalue weighted by molar-refractivity contribution is 0.507. The number of imidazole rings is 1. The third-order valence-electron chi connectivity index (χ3n) is 4.73. The minimum absolute atomic E-state index is 0.134. The molecule has 0 radical (unpaired) electrons. The summed E-state index contributed by atoms with van der Waals surface area (Å²) in [6, 6.07) is 19.0. The third kappa shape index (κ3) is 2.94. The van der Waals surface area contributed by atoms with Crippen LogP contribution in [0, 0.1) is 0 Å². The molecule has 0 bridgehead atoms. The fourth-order valence-electron chi connectivity index (χ4n) is 2.92. The van der Waals surface area contributed by atoms with Crippen LogP contribution >= 0.6 is 0 Å². The standard InChI is InChI=1S/C21H24N2/c1-5-21(2,3)18-14-10-9-13-17(18)20-22-19(15-23(20)4)16-11-7-6-8-12-16/h6-15H,5H2,1-4H3. The first kappa shape index (κ1) is 15.5.